The number of amides is 1. The molecule has 1 saturated heterocycles. The molecule has 0 saturated carbocycles. The first-order valence-corrected chi connectivity index (χ1v) is 9.04. The fourth-order valence-corrected chi connectivity index (χ4v) is 3.78. The summed E-state index contributed by atoms with van der Waals surface area (Å²) in [5, 5.41) is 11.7. The second kappa shape index (κ2) is 6.78. The van der Waals surface area contributed by atoms with Crippen molar-refractivity contribution in [3.05, 3.63) is 59.5 Å². The lowest BCUT2D eigenvalue weighted by atomic mass is 10.1. The van der Waals surface area contributed by atoms with Gasteiger partial charge in [0.25, 0.3) is 5.91 Å². The van der Waals surface area contributed by atoms with Crippen LogP contribution in [0.3, 0.4) is 0 Å². The van der Waals surface area contributed by atoms with Crippen molar-refractivity contribution in [3.8, 4) is 11.3 Å². The van der Waals surface area contributed by atoms with Crippen LogP contribution in [0.2, 0.25) is 0 Å². The number of nitrogens with one attached hydrogen (secondary N) is 1. The third-order valence-corrected chi connectivity index (χ3v) is 5.06. The van der Waals surface area contributed by atoms with Gasteiger partial charge >= 0.3 is 0 Å². The SMILES string of the molecule is Cc1cc(C)n(CC2CCCN2C(=O)c2cn[nH]c2-c2ccccc2)n1. The summed E-state index contributed by atoms with van der Waals surface area (Å²) < 4.78 is 2.01. The Kier molecular flexibility index (Phi) is 4.32. The van der Waals surface area contributed by atoms with Crippen molar-refractivity contribution in [2.24, 2.45) is 0 Å². The van der Waals surface area contributed by atoms with Gasteiger partial charge in [-0.15, -0.1) is 0 Å². The van der Waals surface area contributed by atoms with E-state index in [-0.39, 0.29) is 11.9 Å². The highest BCUT2D eigenvalue weighted by atomic mass is 16.2. The van der Waals surface area contributed by atoms with E-state index in [0.29, 0.717) is 5.56 Å². The maximum atomic E-state index is 13.2. The van der Waals surface area contributed by atoms with Crippen LogP contribution < -0.4 is 0 Å². The van der Waals surface area contributed by atoms with Crippen molar-refractivity contribution in [1.82, 2.24) is 24.9 Å². The van der Waals surface area contributed by atoms with E-state index in [2.05, 4.69) is 28.3 Å². The van der Waals surface area contributed by atoms with Crippen molar-refractivity contribution in [1.29, 1.82) is 0 Å². The van der Waals surface area contributed by atoms with Crippen LogP contribution in [0.1, 0.15) is 34.6 Å². The summed E-state index contributed by atoms with van der Waals surface area (Å²) in [5.74, 6) is 0.0432. The minimum Gasteiger partial charge on any atom is -0.334 e. The predicted octanol–water partition coefficient (Wildman–Crippen LogP) is 3.19. The van der Waals surface area contributed by atoms with E-state index in [0.717, 1.165) is 48.6 Å². The molecule has 134 valence electrons. The van der Waals surface area contributed by atoms with Crippen LogP contribution in [-0.4, -0.2) is 43.4 Å². The van der Waals surface area contributed by atoms with Gasteiger partial charge in [-0.2, -0.15) is 10.2 Å². The van der Waals surface area contributed by atoms with Crippen molar-refractivity contribution in [2.45, 2.75) is 39.3 Å². The zero-order valence-corrected chi connectivity index (χ0v) is 15.1. The molecule has 1 atom stereocenters. The van der Waals surface area contributed by atoms with E-state index in [1.807, 2.05) is 46.8 Å². The lowest BCUT2D eigenvalue weighted by Gasteiger charge is -2.25. The van der Waals surface area contributed by atoms with Gasteiger partial charge in [0.1, 0.15) is 0 Å². The molecule has 3 aromatic rings. The van der Waals surface area contributed by atoms with Crippen LogP contribution >= 0.6 is 0 Å². The van der Waals surface area contributed by atoms with E-state index in [9.17, 15) is 4.79 Å². The standard InChI is InChI=1S/C20H23N5O/c1-14-11-15(2)25(23-14)13-17-9-6-10-24(17)20(26)18-12-21-22-19(18)16-7-4-3-5-8-16/h3-5,7-8,11-12,17H,6,9-10,13H2,1-2H3,(H,21,22). The summed E-state index contributed by atoms with van der Waals surface area (Å²) in [4.78, 5) is 15.2. The average molecular weight is 349 g/mol. The van der Waals surface area contributed by atoms with E-state index in [1.54, 1.807) is 6.20 Å². The minimum absolute atomic E-state index is 0.0432. The number of likely N-dealkylation sites (tertiary alicyclic amines) is 1. The molecule has 0 radical (unpaired) electrons. The zero-order valence-electron chi connectivity index (χ0n) is 15.1. The number of benzene rings is 1. The van der Waals surface area contributed by atoms with Crippen LogP contribution in [-0.2, 0) is 6.54 Å². The fraction of sp³-hybridized carbons (Fsp3) is 0.350. The molecule has 6 heteroatoms. The third kappa shape index (κ3) is 3.03. The van der Waals surface area contributed by atoms with Gasteiger partial charge in [0.2, 0.25) is 0 Å². The van der Waals surface area contributed by atoms with E-state index < -0.39 is 0 Å². The van der Waals surface area contributed by atoms with E-state index in [1.165, 1.54) is 0 Å². The molecule has 4 rings (SSSR count). The van der Waals surface area contributed by atoms with Crippen LogP contribution in [0.5, 0.6) is 0 Å². The molecule has 1 amide bonds. The Morgan fingerprint density at radius 2 is 2.08 bits per heavy atom. The third-order valence-electron chi connectivity index (χ3n) is 5.06. The molecule has 1 aromatic carbocycles. The molecular weight excluding hydrogens is 326 g/mol. The Morgan fingerprint density at radius 3 is 2.81 bits per heavy atom. The molecule has 1 aliphatic rings. The first-order valence-electron chi connectivity index (χ1n) is 9.04. The van der Waals surface area contributed by atoms with Gasteiger partial charge in [0.15, 0.2) is 0 Å². The molecule has 2 aromatic heterocycles. The molecule has 1 unspecified atom stereocenters. The second-order valence-electron chi connectivity index (χ2n) is 6.93. The molecule has 1 fully saturated rings. The number of rotatable bonds is 4. The number of carbonyl (C=O) groups excluding carboxylic acids is 1. The second-order valence-corrected chi connectivity index (χ2v) is 6.93. The van der Waals surface area contributed by atoms with Gasteiger partial charge in [0, 0.05) is 17.8 Å². The fourth-order valence-electron chi connectivity index (χ4n) is 3.78. The largest absolute Gasteiger partial charge is 0.334 e. The quantitative estimate of drug-likeness (QED) is 0.786. The smallest absolute Gasteiger partial charge is 0.258 e. The average Bonchev–Trinajstić information content (AvgIpc) is 3.36. The van der Waals surface area contributed by atoms with Crippen LogP contribution in [0.25, 0.3) is 11.3 Å². The number of H-pyrrole nitrogens is 1. The molecule has 3 heterocycles. The van der Waals surface area contributed by atoms with Crippen LogP contribution in [0.4, 0.5) is 0 Å². The van der Waals surface area contributed by atoms with Crippen molar-refractivity contribution in [3.63, 3.8) is 0 Å². The molecule has 6 nitrogen and oxygen atoms in total. The summed E-state index contributed by atoms with van der Waals surface area (Å²) >= 11 is 0. The number of hydrogen-bond acceptors (Lipinski definition) is 3. The van der Waals surface area contributed by atoms with Gasteiger partial charge in [-0.05, 0) is 32.8 Å². The minimum atomic E-state index is 0.0432. The molecule has 1 aliphatic heterocycles. The Morgan fingerprint density at radius 1 is 1.27 bits per heavy atom. The van der Waals surface area contributed by atoms with Crippen molar-refractivity contribution >= 4 is 5.91 Å². The number of aromatic nitrogens is 4. The lowest BCUT2D eigenvalue weighted by molar-refractivity contribution is 0.0722. The summed E-state index contributed by atoms with van der Waals surface area (Å²) in [5.41, 5.74) is 4.54. The van der Waals surface area contributed by atoms with E-state index >= 15 is 0 Å². The van der Waals surface area contributed by atoms with Gasteiger partial charge in [0.05, 0.1) is 35.7 Å². The van der Waals surface area contributed by atoms with Gasteiger partial charge in [-0.1, -0.05) is 30.3 Å². The highest BCUT2D eigenvalue weighted by molar-refractivity contribution is 6.00. The van der Waals surface area contributed by atoms with Gasteiger partial charge < -0.3 is 4.90 Å². The molecule has 0 bridgehead atoms. The maximum absolute atomic E-state index is 13.2. The summed E-state index contributed by atoms with van der Waals surface area (Å²) in [6, 6.07) is 12.1. The predicted molar refractivity (Wildman–Crippen MR) is 99.8 cm³/mol. The molecule has 26 heavy (non-hydrogen) atoms. The Bertz CT molecular complexity index is 911. The first kappa shape index (κ1) is 16.6. The van der Waals surface area contributed by atoms with Crippen LogP contribution in [0.15, 0.2) is 42.6 Å². The summed E-state index contributed by atoms with van der Waals surface area (Å²) in [7, 11) is 0. The maximum Gasteiger partial charge on any atom is 0.258 e. The Labute approximate surface area is 152 Å². The number of carbonyl (C=O) groups is 1. The lowest BCUT2D eigenvalue weighted by Crippen LogP contribution is -2.38. The number of nitrogens with zero attached hydrogens (tertiary/aromatic N) is 4. The highest BCUT2D eigenvalue weighted by Gasteiger charge is 2.32. The molecule has 0 aliphatic carbocycles. The Hall–Kier alpha value is -2.89. The number of hydrogen-bond donors (Lipinski definition) is 1. The molecule has 0 spiro atoms. The number of aromatic amines is 1. The van der Waals surface area contributed by atoms with Crippen LogP contribution in [0, 0.1) is 13.8 Å². The van der Waals surface area contributed by atoms with Gasteiger partial charge in [-0.3, -0.25) is 14.6 Å². The Balaban J connectivity index is 1.58. The zero-order chi connectivity index (χ0) is 18.1. The molecular formula is C20H23N5O. The van der Waals surface area contributed by atoms with E-state index in [4.69, 9.17) is 0 Å². The molecule has 1 N–H and O–H groups in total. The van der Waals surface area contributed by atoms with Crippen molar-refractivity contribution in [2.75, 3.05) is 6.54 Å². The summed E-state index contributed by atoms with van der Waals surface area (Å²) in [6.07, 6.45) is 3.67. The highest BCUT2D eigenvalue weighted by Crippen LogP contribution is 2.26. The monoisotopic (exact) mass is 349 g/mol. The number of aryl methyl sites for hydroxylation is 2. The topological polar surface area (TPSA) is 66.8 Å². The summed E-state index contributed by atoms with van der Waals surface area (Å²) in [6.45, 7) is 5.58. The van der Waals surface area contributed by atoms with Gasteiger partial charge in [-0.25, -0.2) is 0 Å². The first-order chi connectivity index (χ1) is 12.6. The normalized spacial score (nSPS) is 17.0. The van der Waals surface area contributed by atoms with Crippen molar-refractivity contribution < 1.29 is 4.79 Å².